The van der Waals surface area contributed by atoms with Crippen LogP contribution < -0.4 is 0 Å². The molecule has 7 heteroatoms. The first kappa shape index (κ1) is 15.2. The van der Waals surface area contributed by atoms with Crippen molar-refractivity contribution in [1.82, 2.24) is 4.90 Å². The zero-order valence-corrected chi connectivity index (χ0v) is 10.2. The number of likely N-dealkylation sites (tertiary alicyclic amines) is 1. The molecular formula is C11H18F3NO3. The number of halogens is 3. The van der Waals surface area contributed by atoms with E-state index in [0.29, 0.717) is 18.9 Å². The van der Waals surface area contributed by atoms with Gasteiger partial charge in [-0.3, -0.25) is 14.4 Å². The largest absolute Gasteiger partial charge is 0.522 e. The molecule has 0 radical (unpaired) electrons. The molecule has 1 aliphatic heterocycles. The Kier molecular flexibility index (Phi) is 5.40. The van der Waals surface area contributed by atoms with Crippen molar-refractivity contribution in [3.05, 3.63) is 0 Å². The molecule has 1 rings (SSSR count). The summed E-state index contributed by atoms with van der Waals surface area (Å²) in [4.78, 5) is 12.6. The molecule has 0 aromatic rings. The quantitative estimate of drug-likeness (QED) is 0.830. The van der Waals surface area contributed by atoms with E-state index in [9.17, 15) is 18.0 Å². The molecule has 0 saturated carbocycles. The van der Waals surface area contributed by atoms with Crippen LogP contribution in [-0.4, -0.2) is 48.1 Å². The molecule has 1 heterocycles. The van der Waals surface area contributed by atoms with E-state index in [1.807, 2.05) is 6.92 Å². The molecule has 1 aliphatic rings. The lowest BCUT2D eigenvalue weighted by atomic mass is 9.89. The van der Waals surface area contributed by atoms with Crippen LogP contribution in [0.2, 0.25) is 0 Å². The molecule has 0 amide bonds. The number of aliphatic carboxylic acids is 1. The minimum Gasteiger partial charge on any atom is -0.480 e. The van der Waals surface area contributed by atoms with E-state index in [-0.39, 0.29) is 6.54 Å². The number of carboxylic acid groups (broad SMARTS) is 1. The molecule has 0 aromatic heterocycles. The molecule has 0 spiro atoms. The third-order valence-electron chi connectivity index (χ3n) is 3.33. The Labute approximate surface area is 104 Å². The number of piperidine rings is 1. The summed E-state index contributed by atoms with van der Waals surface area (Å²) < 4.78 is 39.2. The zero-order chi connectivity index (χ0) is 13.8. The van der Waals surface area contributed by atoms with E-state index >= 15 is 0 Å². The Morgan fingerprint density at radius 1 is 1.50 bits per heavy atom. The van der Waals surface area contributed by atoms with E-state index in [0.717, 1.165) is 12.8 Å². The Morgan fingerprint density at radius 3 is 2.67 bits per heavy atom. The van der Waals surface area contributed by atoms with Crippen LogP contribution >= 0.6 is 0 Å². The molecule has 4 nitrogen and oxygen atoms in total. The Hall–Kier alpha value is -0.820. The molecule has 106 valence electrons. The van der Waals surface area contributed by atoms with Gasteiger partial charge in [-0.1, -0.05) is 13.3 Å². The lowest BCUT2D eigenvalue weighted by molar-refractivity contribution is -0.325. The van der Waals surface area contributed by atoms with Gasteiger partial charge >= 0.3 is 12.3 Å². The molecule has 1 N–H and O–H groups in total. The summed E-state index contributed by atoms with van der Waals surface area (Å²) in [5.41, 5.74) is 0. The maximum absolute atomic E-state index is 11.8. The highest BCUT2D eigenvalue weighted by molar-refractivity contribution is 5.73. The number of carbonyl (C=O) groups is 1. The predicted octanol–water partition coefficient (Wildman–Crippen LogP) is 2.10. The summed E-state index contributed by atoms with van der Waals surface area (Å²) in [5.74, 6) is -0.633. The van der Waals surface area contributed by atoms with Crippen molar-refractivity contribution in [2.45, 2.75) is 38.6 Å². The second-order valence-electron chi connectivity index (χ2n) is 4.48. The number of nitrogens with zero attached hydrogens (tertiary/aromatic N) is 1. The summed E-state index contributed by atoms with van der Waals surface area (Å²) in [5, 5.41) is 9.08. The highest BCUT2D eigenvalue weighted by atomic mass is 19.4. The van der Waals surface area contributed by atoms with E-state index in [2.05, 4.69) is 4.74 Å². The SMILES string of the molecule is CCC1CCN(CCOC(F)(F)F)C(C(=O)O)C1. The molecule has 2 unspecified atom stereocenters. The van der Waals surface area contributed by atoms with Crippen molar-refractivity contribution in [1.29, 1.82) is 0 Å². The van der Waals surface area contributed by atoms with Crippen molar-refractivity contribution in [3.63, 3.8) is 0 Å². The van der Waals surface area contributed by atoms with Crippen LogP contribution in [0.3, 0.4) is 0 Å². The van der Waals surface area contributed by atoms with Gasteiger partial charge in [0.1, 0.15) is 6.04 Å². The van der Waals surface area contributed by atoms with Crippen LogP contribution in [0.25, 0.3) is 0 Å². The number of hydrogen-bond donors (Lipinski definition) is 1. The van der Waals surface area contributed by atoms with Crippen molar-refractivity contribution in [3.8, 4) is 0 Å². The van der Waals surface area contributed by atoms with Gasteiger partial charge in [0.15, 0.2) is 0 Å². The van der Waals surface area contributed by atoms with Gasteiger partial charge in [0, 0.05) is 6.54 Å². The minimum absolute atomic E-state index is 0.00703. The lowest BCUT2D eigenvalue weighted by Crippen LogP contribution is -2.48. The van der Waals surface area contributed by atoms with Crippen LogP contribution in [-0.2, 0) is 9.53 Å². The zero-order valence-electron chi connectivity index (χ0n) is 10.2. The molecule has 0 bridgehead atoms. The van der Waals surface area contributed by atoms with Gasteiger partial charge < -0.3 is 5.11 Å². The summed E-state index contributed by atoms with van der Waals surface area (Å²) in [6, 6.07) is -0.694. The highest BCUT2D eigenvalue weighted by Crippen LogP contribution is 2.25. The molecule has 18 heavy (non-hydrogen) atoms. The highest BCUT2D eigenvalue weighted by Gasteiger charge is 2.34. The van der Waals surface area contributed by atoms with E-state index in [4.69, 9.17) is 5.11 Å². The number of carboxylic acids is 1. The number of ether oxygens (including phenoxy) is 1. The van der Waals surface area contributed by atoms with Gasteiger partial charge in [0.25, 0.3) is 0 Å². The predicted molar refractivity (Wildman–Crippen MR) is 58.0 cm³/mol. The average molecular weight is 269 g/mol. The molecule has 0 aromatic carbocycles. The fourth-order valence-electron chi connectivity index (χ4n) is 2.26. The van der Waals surface area contributed by atoms with E-state index in [1.165, 1.54) is 0 Å². The number of alkyl halides is 3. The Bertz CT molecular complexity index is 283. The van der Waals surface area contributed by atoms with Crippen molar-refractivity contribution >= 4 is 5.97 Å². The molecule has 0 aliphatic carbocycles. The molecule has 1 saturated heterocycles. The first-order valence-corrected chi connectivity index (χ1v) is 6.01. The van der Waals surface area contributed by atoms with Gasteiger partial charge in [0.05, 0.1) is 6.61 Å². The van der Waals surface area contributed by atoms with E-state index < -0.39 is 25.0 Å². The average Bonchev–Trinajstić information content (AvgIpc) is 2.27. The van der Waals surface area contributed by atoms with Crippen molar-refractivity contribution in [2.24, 2.45) is 5.92 Å². The molecule has 2 atom stereocenters. The number of hydrogen-bond acceptors (Lipinski definition) is 3. The van der Waals surface area contributed by atoms with Gasteiger partial charge in [-0.2, -0.15) is 0 Å². The van der Waals surface area contributed by atoms with Crippen LogP contribution in [0.15, 0.2) is 0 Å². The Balaban J connectivity index is 2.45. The van der Waals surface area contributed by atoms with Crippen molar-refractivity contribution < 1.29 is 27.8 Å². The summed E-state index contributed by atoms with van der Waals surface area (Å²) in [6.45, 7) is 1.97. The molecule has 1 fully saturated rings. The van der Waals surface area contributed by atoms with Crippen LogP contribution in [0, 0.1) is 5.92 Å². The monoisotopic (exact) mass is 269 g/mol. The summed E-state index contributed by atoms with van der Waals surface area (Å²) in [6.07, 6.45) is -2.43. The normalized spacial score (nSPS) is 26.2. The smallest absolute Gasteiger partial charge is 0.480 e. The van der Waals surface area contributed by atoms with Gasteiger partial charge in [-0.05, 0) is 25.3 Å². The minimum atomic E-state index is -4.65. The van der Waals surface area contributed by atoms with Crippen LogP contribution in [0.4, 0.5) is 13.2 Å². The first-order valence-electron chi connectivity index (χ1n) is 6.01. The lowest BCUT2D eigenvalue weighted by Gasteiger charge is -2.36. The third kappa shape index (κ3) is 4.81. The second kappa shape index (κ2) is 6.38. The van der Waals surface area contributed by atoms with Gasteiger partial charge in [0.2, 0.25) is 0 Å². The third-order valence-corrected chi connectivity index (χ3v) is 3.33. The number of rotatable bonds is 5. The fraction of sp³-hybridized carbons (Fsp3) is 0.909. The summed E-state index contributed by atoms with van der Waals surface area (Å²) in [7, 11) is 0. The maximum atomic E-state index is 11.8. The maximum Gasteiger partial charge on any atom is 0.522 e. The molecular weight excluding hydrogens is 251 g/mol. The topological polar surface area (TPSA) is 49.8 Å². The first-order chi connectivity index (χ1) is 8.33. The Morgan fingerprint density at radius 2 is 2.17 bits per heavy atom. The fourth-order valence-corrected chi connectivity index (χ4v) is 2.26. The standard InChI is InChI=1S/C11H18F3NO3/c1-2-8-3-4-15(9(7-8)10(16)17)5-6-18-11(12,13)14/h8-9H,2-7H2,1H3,(H,16,17). The van der Waals surface area contributed by atoms with E-state index in [1.54, 1.807) is 4.90 Å². The summed E-state index contributed by atoms with van der Waals surface area (Å²) >= 11 is 0. The second-order valence-corrected chi connectivity index (χ2v) is 4.48. The van der Waals surface area contributed by atoms with Crippen LogP contribution in [0.1, 0.15) is 26.2 Å². The van der Waals surface area contributed by atoms with Gasteiger partial charge in [-0.25, -0.2) is 0 Å². The van der Waals surface area contributed by atoms with Crippen molar-refractivity contribution in [2.75, 3.05) is 19.7 Å². The van der Waals surface area contributed by atoms with Gasteiger partial charge in [-0.15, -0.1) is 13.2 Å². The van der Waals surface area contributed by atoms with Crippen LogP contribution in [0.5, 0.6) is 0 Å².